The van der Waals surface area contributed by atoms with Crippen LogP contribution in [0, 0.1) is 34.5 Å². The normalized spacial score (nSPS) is 37.1. The van der Waals surface area contributed by atoms with Crippen molar-refractivity contribution >= 4 is 17.4 Å². The lowest BCUT2D eigenvalue weighted by Gasteiger charge is -2.58. The molecule has 1 aromatic rings. The molecule has 1 heterocycles. The Morgan fingerprint density at radius 1 is 1.17 bits per heavy atom. The Balaban J connectivity index is 1.18. The maximum absolute atomic E-state index is 12.4. The average Bonchev–Trinajstić information content (AvgIpc) is 3.46. The number of hydrogen-bond donors (Lipinski definition) is 2. The molecule has 190 valence electrons. The number of aromatic amines is 1. The van der Waals surface area contributed by atoms with Crippen molar-refractivity contribution in [3.05, 3.63) is 29.9 Å². The zero-order valence-electron chi connectivity index (χ0n) is 21.4. The number of ketones is 1. The largest absolute Gasteiger partial charge is 0.385 e. The molecule has 6 atom stereocenters. The lowest BCUT2D eigenvalue weighted by Crippen LogP contribution is -2.51. The van der Waals surface area contributed by atoms with Gasteiger partial charge in [-0.15, -0.1) is 0 Å². The van der Waals surface area contributed by atoms with Crippen LogP contribution in [-0.2, 0) is 20.8 Å². The second kappa shape index (κ2) is 9.55. The second-order valence-electron chi connectivity index (χ2n) is 11.8. The summed E-state index contributed by atoms with van der Waals surface area (Å²) in [6.45, 7) is 7.17. The standard InChI is InChI=1S/C28H40N4O3/c1-18(33)23-6-7-24-22-5-4-19-14-20(8-11-27(19,2)25(22)9-12-28(23,24)3)32-35-16-26(34)30-13-10-21-15-29-17-31-21/h14-15,17,22-25H,4-13,16H2,1-3H3,(H,29,31)(H,30,34). The number of amides is 1. The molecule has 0 radical (unpaired) electrons. The highest BCUT2D eigenvalue weighted by atomic mass is 16.6. The van der Waals surface area contributed by atoms with Crippen molar-refractivity contribution in [2.24, 2.45) is 39.7 Å². The monoisotopic (exact) mass is 480 g/mol. The summed E-state index contributed by atoms with van der Waals surface area (Å²) in [5.74, 6) is 2.64. The second-order valence-corrected chi connectivity index (χ2v) is 11.8. The number of allylic oxidation sites excluding steroid dienone is 2. The summed E-state index contributed by atoms with van der Waals surface area (Å²) in [5.41, 5.74) is 3.90. The fraction of sp³-hybridized carbons (Fsp3) is 0.714. The topological polar surface area (TPSA) is 96.4 Å². The van der Waals surface area contributed by atoms with Gasteiger partial charge in [-0.05, 0) is 93.0 Å². The van der Waals surface area contributed by atoms with Gasteiger partial charge < -0.3 is 15.1 Å². The number of imidazole rings is 1. The van der Waals surface area contributed by atoms with Gasteiger partial charge in [-0.2, -0.15) is 0 Å². The summed E-state index contributed by atoms with van der Waals surface area (Å²) in [5, 5.41) is 7.18. The minimum atomic E-state index is -0.159. The van der Waals surface area contributed by atoms with Gasteiger partial charge in [-0.25, -0.2) is 4.98 Å². The number of rotatable bonds is 7. The molecule has 0 spiro atoms. The fourth-order valence-electron chi connectivity index (χ4n) is 8.29. The molecular formula is C28H40N4O3. The number of oxime groups is 1. The maximum Gasteiger partial charge on any atom is 0.260 e. The number of aromatic nitrogens is 2. The van der Waals surface area contributed by atoms with Gasteiger partial charge in [0, 0.05) is 30.8 Å². The molecule has 4 aliphatic rings. The van der Waals surface area contributed by atoms with E-state index in [-0.39, 0.29) is 29.3 Å². The maximum atomic E-state index is 12.4. The molecule has 0 saturated heterocycles. The van der Waals surface area contributed by atoms with Crippen LogP contribution in [0.2, 0.25) is 0 Å². The van der Waals surface area contributed by atoms with E-state index < -0.39 is 0 Å². The van der Waals surface area contributed by atoms with Gasteiger partial charge >= 0.3 is 0 Å². The molecule has 0 aromatic carbocycles. The van der Waals surface area contributed by atoms with Crippen molar-refractivity contribution in [3.8, 4) is 0 Å². The van der Waals surface area contributed by atoms with E-state index in [0.29, 0.717) is 30.6 Å². The van der Waals surface area contributed by atoms with Crippen molar-refractivity contribution in [1.29, 1.82) is 0 Å². The minimum absolute atomic E-state index is 0.0603. The Labute approximate surface area is 208 Å². The number of hydrogen-bond acceptors (Lipinski definition) is 5. The fourth-order valence-corrected chi connectivity index (χ4v) is 8.29. The first-order valence-electron chi connectivity index (χ1n) is 13.5. The Morgan fingerprint density at radius 3 is 2.80 bits per heavy atom. The van der Waals surface area contributed by atoms with Crippen LogP contribution in [0.5, 0.6) is 0 Å². The van der Waals surface area contributed by atoms with Crippen LogP contribution < -0.4 is 5.32 Å². The first-order valence-corrected chi connectivity index (χ1v) is 13.5. The highest BCUT2D eigenvalue weighted by Crippen LogP contribution is 2.66. The Bertz CT molecular complexity index is 1020. The third-order valence-electron chi connectivity index (χ3n) is 10.1. The van der Waals surface area contributed by atoms with E-state index >= 15 is 0 Å². The predicted molar refractivity (Wildman–Crippen MR) is 135 cm³/mol. The summed E-state index contributed by atoms with van der Waals surface area (Å²) in [7, 11) is 0. The summed E-state index contributed by atoms with van der Waals surface area (Å²) >= 11 is 0. The van der Waals surface area contributed by atoms with E-state index in [0.717, 1.165) is 43.0 Å². The van der Waals surface area contributed by atoms with Crippen molar-refractivity contribution in [2.45, 2.75) is 78.6 Å². The first-order chi connectivity index (χ1) is 16.8. The number of nitrogens with one attached hydrogen (secondary N) is 2. The molecule has 3 saturated carbocycles. The van der Waals surface area contributed by atoms with Gasteiger partial charge in [0.15, 0.2) is 6.61 Å². The average molecular weight is 481 g/mol. The Morgan fingerprint density at radius 2 is 2.03 bits per heavy atom. The van der Waals surface area contributed by atoms with Gasteiger partial charge in [0.1, 0.15) is 5.78 Å². The number of Topliss-reactive ketones (excluding diaryl/α,β-unsaturated/α-hetero) is 1. The molecule has 7 nitrogen and oxygen atoms in total. The van der Waals surface area contributed by atoms with Gasteiger partial charge in [0.2, 0.25) is 0 Å². The minimum Gasteiger partial charge on any atom is -0.385 e. The molecule has 6 unspecified atom stereocenters. The van der Waals surface area contributed by atoms with E-state index in [4.69, 9.17) is 4.84 Å². The van der Waals surface area contributed by atoms with E-state index in [1.54, 1.807) is 12.5 Å². The highest BCUT2D eigenvalue weighted by molar-refractivity contribution is 5.96. The summed E-state index contributed by atoms with van der Waals surface area (Å²) in [4.78, 5) is 36.8. The van der Waals surface area contributed by atoms with Gasteiger partial charge in [-0.3, -0.25) is 9.59 Å². The molecule has 35 heavy (non-hydrogen) atoms. The zero-order valence-corrected chi connectivity index (χ0v) is 21.4. The van der Waals surface area contributed by atoms with E-state index in [9.17, 15) is 9.59 Å². The first kappa shape index (κ1) is 24.3. The van der Waals surface area contributed by atoms with Crippen LogP contribution in [0.1, 0.15) is 77.8 Å². The molecular weight excluding hydrogens is 440 g/mol. The van der Waals surface area contributed by atoms with Crippen molar-refractivity contribution < 1.29 is 14.4 Å². The van der Waals surface area contributed by atoms with E-state index in [2.05, 4.69) is 40.4 Å². The van der Waals surface area contributed by atoms with Crippen LogP contribution >= 0.6 is 0 Å². The Hall–Kier alpha value is -2.44. The van der Waals surface area contributed by atoms with Crippen LogP contribution in [0.25, 0.3) is 0 Å². The van der Waals surface area contributed by atoms with Crippen LogP contribution in [0.3, 0.4) is 0 Å². The number of carbonyl (C=O) groups excluding carboxylic acids is 2. The SMILES string of the molecule is CC(=O)C1CCC2C3CCC4=CC(=NOCC(=O)NCCc5cnc[nH]5)CCC4(C)C3CCC12C. The summed E-state index contributed by atoms with van der Waals surface area (Å²) in [6, 6.07) is 0. The van der Waals surface area contributed by atoms with Crippen molar-refractivity contribution in [2.75, 3.05) is 13.2 Å². The van der Waals surface area contributed by atoms with Gasteiger partial charge in [0.25, 0.3) is 5.91 Å². The molecule has 0 aliphatic heterocycles. The van der Waals surface area contributed by atoms with Crippen molar-refractivity contribution in [3.63, 3.8) is 0 Å². The zero-order chi connectivity index (χ0) is 24.6. The van der Waals surface area contributed by atoms with E-state index in [1.807, 2.05) is 6.92 Å². The number of nitrogens with zero attached hydrogens (tertiary/aromatic N) is 2. The van der Waals surface area contributed by atoms with Gasteiger partial charge in [0.05, 0.1) is 12.0 Å². The van der Waals surface area contributed by atoms with E-state index in [1.165, 1.54) is 31.3 Å². The molecule has 0 bridgehead atoms. The lowest BCUT2D eigenvalue weighted by molar-refractivity contribution is -0.128. The van der Waals surface area contributed by atoms with Crippen LogP contribution in [0.4, 0.5) is 0 Å². The highest BCUT2D eigenvalue weighted by Gasteiger charge is 2.59. The van der Waals surface area contributed by atoms with Crippen LogP contribution in [-0.4, -0.2) is 40.5 Å². The summed E-state index contributed by atoms with van der Waals surface area (Å²) in [6.07, 6.45) is 15.4. The molecule has 7 heteroatoms. The summed E-state index contributed by atoms with van der Waals surface area (Å²) < 4.78 is 0. The number of fused-ring (bicyclic) bond motifs is 5. The third kappa shape index (κ3) is 4.47. The molecule has 5 rings (SSSR count). The van der Waals surface area contributed by atoms with Gasteiger partial charge in [-0.1, -0.05) is 24.6 Å². The Kier molecular flexibility index (Phi) is 6.62. The predicted octanol–water partition coefficient (Wildman–Crippen LogP) is 4.61. The molecule has 2 N–H and O–H groups in total. The number of H-pyrrole nitrogens is 1. The molecule has 1 aromatic heterocycles. The van der Waals surface area contributed by atoms with Crippen LogP contribution in [0.15, 0.2) is 29.3 Å². The third-order valence-corrected chi connectivity index (χ3v) is 10.1. The molecule has 1 amide bonds. The molecule has 3 fully saturated rings. The molecule has 4 aliphatic carbocycles. The smallest absolute Gasteiger partial charge is 0.260 e. The quantitative estimate of drug-likeness (QED) is 0.557. The van der Waals surface area contributed by atoms with Crippen molar-refractivity contribution in [1.82, 2.24) is 15.3 Å². The number of carbonyl (C=O) groups is 2. The lowest BCUT2D eigenvalue weighted by atomic mass is 9.46.